The van der Waals surface area contributed by atoms with Gasteiger partial charge in [0.05, 0.1) is 12.3 Å². The molecule has 0 aromatic heterocycles. The second kappa shape index (κ2) is 6.57. The second-order valence-electron chi connectivity index (χ2n) is 4.21. The van der Waals surface area contributed by atoms with Gasteiger partial charge in [0.25, 0.3) is 0 Å². The summed E-state index contributed by atoms with van der Waals surface area (Å²) >= 11 is 0. The standard InChI is InChI=1S/C13H21FN2O/c1-3-6-16(7-8-17)13-5-4-11(10(2)15)9-12(13)14/h4-5,9-10,17H,3,6-8,15H2,1-2H3/t10-/m1/s1. The zero-order chi connectivity index (χ0) is 12.8. The maximum Gasteiger partial charge on any atom is 0.146 e. The minimum absolute atomic E-state index is 0.0223. The predicted octanol–water partition coefficient (Wildman–Crippen LogP) is 2.05. The Morgan fingerprint density at radius 1 is 1.41 bits per heavy atom. The topological polar surface area (TPSA) is 49.5 Å². The van der Waals surface area contributed by atoms with Crippen LogP contribution in [0.4, 0.5) is 10.1 Å². The summed E-state index contributed by atoms with van der Waals surface area (Å²) in [5.74, 6) is -0.276. The summed E-state index contributed by atoms with van der Waals surface area (Å²) in [7, 11) is 0. The molecule has 1 aromatic rings. The van der Waals surface area contributed by atoms with E-state index < -0.39 is 0 Å². The fraction of sp³-hybridized carbons (Fsp3) is 0.538. The first-order chi connectivity index (χ1) is 8.10. The van der Waals surface area contributed by atoms with Crippen molar-refractivity contribution in [2.75, 3.05) is 24.6 Å². The van der Waals surface area contributed by atoms with Crippen molar-refractivity contribution >= 4 is 5.69 Å². The summed E-state index contributed by atoms with van der Waals surface area (Å²) < 4.78 is 13.9. The second-order valence-corrected chi connectivity index (χ2v) is 4.21. The van der Waals surface area contributed by atoms with E-state index in [0.717, 1.165) is 18.5 Å². The van der Waals surface area contributed by atoms with E-state index in [2.05, 4.69) is 0 Å². The van der Waals surface area contributed by atoms with Gasteiger partial charge in [0.1, 0.15) is 5.82 Å². The summed E-state index contributed by atoms with van der Waals surface area (Å²) in [4.78, 5) is 1.85. The molecule has 1 rings (SSSR count). The summed E-state index contributed by atoms with van der Waals surface area (Å²) in [5, 5.41) is 8.97. The summed E-state index contributed by atoms with van der Waals surface area (Å²) in [6, 6.07) is 4.87. The first kappa shape index (κ1) is 13.9. The number of anilines is 1. The molecule has 0 amide bonds. The highest BCUT2D eigenvalue weighted by Gasteiger charge is 2.12. The summed E-state index contributed by atoms with van der Waals surface area (Å²) in [6.45, 7) is 5.05. The van der Waals surface area contributed by atoms with Crippen molar-refractivity contribution < 1.29 is 9.50 Å². The van der Waals surface area contributed by atoms with Crippen LogP contribution in [0.2, 0.25) is 0 Å². The number of hydrogen-bond acceptors (Lipinski definition) is 3. The smallest absolute Gasteiger partial charge is 0.146 e. The van der Waals surface area contributed by atoms with E-state index in [9.17, 15) is 4.39 Å². The van der Waals surface area contributed by atoms with Gasteiger partial charge in [0.2, 0.25) is 0 Å². The Balaban J connectivity index is 2.95. The molecule has 0 unspecified atom stereocenters. The maximum absolute atomic E-state index is 13.9. The molecule has 3 N–H and O–H groups in total. The summed E-state index contributed by atoms with van der Waals surface area (Å²) in [5.41, 5.74) is 7.02. The molecule has 4 heteroatoms. The molecule has 0 aliphatic carbocycles. The molecule has 0 saturated heterocycles. The fourth-order valence-corrected chi connectivity index (χ4v) is 1.81. The van der Waals surface area contributed by atoms with Gasteiger partial charge in [-0.05, 0) is 31.0 Å². The number of rotatable bonds is 6. The van der Waals surface area contributed by atoms with Crippen molar-refractivity contribution in [1.29, 1.82) is 0 Å². The quantitative estimate of drug-likeness (QED) is 0.800. The van der Waals surface area contributed by atoms with Crippen molar-refractivity contribution in [2.24, 2.45) is 5.73 Å². The van der Waals surface area contributed by atoms with Crippen LogP contribution < -0.4 is 10.6 Å². The molecule has 3 nitrogen and oxygen atoms in total. The lowest BCUT2D eigenvalue weighted by atomic mass is 10.1. The van der Waals surface area contributed by atoms with Crippen molar-refractivity contribution in [1.82, 2.24) is 0 Å². The van der Waals surface area contributed by atoms with Gasteiger partial charge in [-0.15, -0.1) is 0 Å². The molecule has 0 radical (unpaired) electrons. The number of aliphatic hydroxyl groups is 1. The van der Waals surface area contributed by atoms with E-state index >= 15 is 0 Å². The Bertz CT molecular complexity index is 349. The third-order valence-corrected chi connectivity index (χ3v) is 2.70. The highest BCUT2D eigenvalue weighted by molar-refractivity contribution is 5.49. The number of halogens is 1. The van der Waals surface area contributed by atoms with Crippen LogP contribution >= 0.6 is 0 Å². The monoisotopic (exact) mass is 240 g/mol. The van der Waals surface area contributed by atoms with Crippen molar-refractivity contribution in [3.8, 4) is 0 Å². The van der Waals surface area contributed by atoms with Gasteiger partial charge < -0.3 is 15.7 Å². The first-order valence-corrected chi connectivity index (χ1v) is 6.01. The minimum atomic E-state index is -0.276. The molecule has 0 heterocycles. The molecule has 96 valence electrons. The third-order valence-electron chi connectivity index (χ3n) is 2.70. The van der Waals surface area contributed by atoms with Crippen LogP contribution in [0.1, 0.15) is 31.9 Å². The summed E-state index contributed by atoms with van der Waals surface area (Å²) in [6.07, 6.45) is 0.911. The molecule has 0 spiro atoms. The van der Waals surface area contributed by atoms with Crippen LogP contribution in [-0.2, 0) is 0 Å². The lowest BCUT2D eigenvalue weighted by Gasteiger charge is -2.24. The van der Waals surface area contributed by atoms with Gasteiger partial charge in [-0.1, -0.05) is 13.0 Å². The maximum atomic E-state index is 13.9. The van der Waals surface area contributed by atoms with Gasteiger partial charge in [0.15, 0.2) is 0 Å². The van der Waals surface area contributed by atoms with Crippen molar-refractivity contribution in [3.05, 3.63) is 29.6 Å². The van der Waals surface area contributed by atoms with Gasteiger partial charge in [-0.3, -0.25) is 0 Å². The van der Waals surface area contributed by atoms with Crippen LogP contribution in [0.5, 0.6) is 0 Å². The zero-order valence-electron chi connectivity index (χ0n) is 10.5. The van der Waals surface area contributed by atoms with Gasteiger partial charge in [-0.25, -0.2) is 4.39 Å². The van der Waals surface area contributed by atoms with E-state index in [1.807, 2.05) is 24.8 Å². The molecule has 0 fully saturated rings. The average Bonchev–Trinajstić information content (AvgIpc) is 2.28. The molecular weight excluding hydrogens is 219 g/mol. The molecular formula is C13H21FN2O. The Labute approximate surface area is 102 Å². The molecule has 0 aliphatic heterocycles. The first-order valence-electron chi connectivity index (χ1n) is 6.01. The van der Waals surface area contributed by atoms with Crippen LogP contribution in [0.25, 0.3) is 0 Å². The van der Waals surface area contributed by atoms with E-state index in [0.29, 0.717) is 12.2 Å². The largest absolute Gasteiger partial charge is 0.395 e. The van der Waals surface area contributed by atoms with Gasteiger partial charge >= 0.3 is 0 Å². The van der Waals surface area contributed by atoms with Crippen LogP contribution in [0.3, 0.4) is 0 Å². The fourth-order valence-electron chi connectivity index (χ4n) is 1.81. The number of nitrogens with zero attached hydrogens (tertiary/aromatic N) is 1. The highest BCUT2D eigenvalue weighted by Crippen LogP contribution is 2.22. The van der Waals surface area contributed by atoms with Crippen LogP contribution in [-0.4, -0.2) is 24.8 Å². The molecule has 0 bridgehead atoms. The Kier molecular flexibility index (Phi) is 5.38. The van der Waals surface area contributed by atoms with Crippen LogP contribution in [0.15, 0.2) is 18.2 Å². The van der Waals surface area contributed by atoms with E-state index in [4.69, 9.17) is 10.8 Å². The van der Waals surface area contributed by atoms with Gasteiger partial charge in [-0.2, -0.15) is 0 Å². The van der Waals surface area contributed by atoms with E-state index in [-0.39, 0.29) is 18.5 Å². The highest BCUT2D eigenvalue weighted by atomic mass is 19.1. The Morgan fingerprint density at radius 3 is 2.59 bits per heavy atom. The Hall–Kier alpha value is -1.13. The zero-order valence-corrected chi connectivity index (χ0v) is 10.5. The molecule has 0 aliphatic rings. The number of benzene rings is 1. The molecule has 17 heavy (non-hydrogen) atoms. The molecule has 0 saturated carbocycles. The number of hydrogen-bond donors (Lipinski definition) is 2. The van der Waals surface area contributed by atoms with Crippen LogP contribution in [0, 0.1) is 5.82 Å². The normalized spacial score (nSPS) is 12.5. The predicted molar refractivity (Wildman–Crippen MR) is 68.6 cm³/mol. The van der Waals surface area contributed by atoms with Crippen molar-refractivity contribution in [3.63, 3.8) is 0 Å². The third kappa shape index (κ3) is 3.68. The SMILES string of the molecule is CCCN(CCO)c1ccc([C@@H](C)N)cc1F. The number of aliphatic hydroxyl groups excluding tert-OH is 1. The van der Waals surface area contributed by atoms with E-state index in [1.165, 1.54) is 6.07 Å². The van der Waals surface area contributed by atoms with Gasteiger partial charge in [0, 0.05) is 19.1 Å². The minimum Gasteiger partial charge on any atom is -0.395 e. The average molecular weight is 240 g/mol. The lowest BCUT2D eigenvalue weighted by Crippen LogP contribution is -2.28. The van der Waals surface area contributed by atoms with E-state index in [1.54, 1.807) is 6.07 Å². The number of nitrogens with two attached hydrogens (primary N) is 1. The molecule has 1 aromatic carbocycles. The van der Waals surface area contributed by atoms with Crippen molar-refractivity contribution in [2.45, 2.75) is 26.3 Å². The lowest BCUT2D eigenvalue weighted by molar-refractivity contribution is 0.301. The molecule has 1 atom stereocenters. The Morgan fingerprint density at radius 2 is 2.12 bits per heavy atom.